The number of hydrogen-bond donors (Lipinski definition) is 1. The summed E-state index contributed by atoms with van der Waals surface area (Å²) in [4.78, 5) is 20.9. The van der Waals surface area contributed by atoms with E-state index in [0.29, 0.717) is 0 Å². The van der Waals surface area contributed by atoms with Crippen molar-refractivity contribution in [2.75, 3.05) is 0 Å². The molecule has 7 heteroatoms. The van der Waals surface area contributed by atoms with E-state index in [0.717, 1.165) is 4.68 Å². The van der Waals surface area contributed by atoms with Crippen LogP contribution in [-0.2, 0) is 7.05 Å². The fourth-order valence-electron chi connectivity index (χ4n) is 1.34. The van der Waals surface area contributed by atoms with E-state index in [9.17, 15) is 14.9 Å². The number of aromatic nitrogens is 2. The molecule has 1 rings (SSSR count). The SMILES string of the molecule is CC(C)c1nn(C)c(C(=O)O)c1[N+](=O)[O-]. The quantitative estimate of drug-likeness (QED) is 0.599. The van der Waals surface area contributed by atoms with Gasteiger partial charge in [0.1, 0.15) is 5.69 Å². The molecule has 15 heavy (non-hydrogen) atoms. The Labute approximate surface area is 85.5 Å². The fourth-order valence-corrected chi connectivity index (χ4v) is 1.34. The van der Waals surface area contributed by atoms with Gasteiger partial charge >= 0.3 is 11.7 Å². The van der Waals surface area contributed by atoms with Crippen LogP contribution in [0.5, 0.6) is 0 Å². The van der Waals surface area contributed by atoms with E-state index < -0.39 is 16.6 Å². The number of aromatic carboxylic acids is 1. The first-order valence-electron chi connectivity index (χ1n) is 4.30. The topological polar surface area (TPSA) is 98.3 Å². The molecule has 0 saturated heterocycles. The summed E-state index contributed by atoms with van der Waals surface area (Å²) in [7, 11) is 1.38. The van der Waals surface area contributed by atoms with Crippen LogP contribution in [0.25, 0.3) is 0 Å². The second-order valence-corrected chi connectivity index (χ2v) is 3.42. The molecule has 0 bridgehead atoms. The number of hydrogen-bond acceptors (Lipinski definition) is 4. The zero-order valence-corrected chi connectivity index (χ0v) is 8.59. The van der Waals surface area contributed by atoms with Crippen LogP contribution in [0, 0.1) is 10.1 Å². The first-order valence-corrected chi connectivity index (χ1v) is 4.30. The number of rotatable bonds is 3. The normalized spacial score (nSPS) is 10.7. The molecule has 7 nitrogen and oxygen atoms in total. The van der Waals surface area contributed by atoms with Crippen molar-refractivity contribution in [2.45, 2.75) is 19.8 Å². The van der Waals surface area contributed by atoms with Gasteiger partial charge in [-0.25, -0.2) is 4.79 Å². The third-order valence-corrected chi connectivity index (χ3v) is 1.98. The third kappa shape index (κ3) is 1.80. The van der Waals surface area contributed by atoms with Crippen molar-refractivity contribution in [2.24, 2.45) is 7.05 Å². The molecule has 1 aromatic heterocycles. The van der Waals surface area contributed by atoms with Crippen molar-refractivity contribution in [3.63, 3.8) is 0 Å². The second kappa shape index (κ2) is 3.68. The standard InChI is InChI=1S/C8H11N3O4/c1-4(2)5-6(11(14)15)7(8(12)13)10(3)9-5/h4H,1-3H3,(H,12,13). The van der Waals surface area contributed by atoms with Crippen molar-refractivity contribution < 1.29 is 14.8 Å². The Kier molecular flexibility index (Phi) is 2.74. The number of carboxylic acid groups (broad SMARTS) is 1. The average molecular weight is 213 g/mol. The molecule has 0 atom stereocenters. The minimum absolute atomic E-state index is 0.190. The highest BCUT2D eigenvalue weighted by atomic mass is 16.6. The zero-order chi connectivity index (χ0) is 11.7. The predicted octanol–water partition coefficient (Wildman–Crippen LogP) is 1.15. The molecule has 0 fully saturated rings. The van der Waals surface area contributed by atoms with Crippen LogP contribution in [0.2, 0.25) is 0 Å². The van der Waals surface area contributed by atoms with Crippen molar-refractivity contribution in [1.29, 1.82) is 0 Å². The van der Waals surface area contributed by atoms with Crippen LogP contribution in [0.3, 0.4) is 0 Å². The molecule has 82 valence electrons. The van der Waals surface area contributed by atoms with Crippen LogP contribution in [0.15, 0.2) is 0 Å². The average Bonchev–Trinajstić information content (AvgIpc) is 2.42. The van der Waals surface area contributed by atoms with Gasteiger partial charge < -0.3 is 5.11 Å². The minimum Gasteiger partial charge on any atom is -0.476 e. The Balaban J connectivity index is 3.51. The Hall–Kier alpha value is -1.92. The van der Waals surface area contributed by atoms with E-state index in [1.54, 1.807) is 13.8 Å². The van der Waals surface area contributed by atoms with E-state index in [2.05, 4.69) is 5.10 Å². The molecule has 0 unspecified atom stereocenters. The lowest BCUT2D eigenvalue weighted by Crippen LogP contribution is -2.07. The fraction of sp³-hybridized carbons (Fsp3) is 0.500. The van der Waals surface area contributed by atoms with E-state index in [4.69, 9.17) is 5.11 Å². The van der Waals surface area contributed by atoms with Gasteiger partial charge in [-0.3, -0.25) is 14.8 Å². The van der Waals surface area contributed by atoms with Gasteiger partial charge in [-0.05, 0) is 0 Å². The van der Waals surface area contributed by atoms with Crippen LogP contribution < -0.4 is 0 Å². The number of nitrogens with zero attached hydrogens (tertiary/aromatic N) is 3. The van der Waals surface area contributed by atoms with E-state index >= 15 is 0 Å². The van der Waals surface area contributed by atoms with Crippen molar-refractivity contribution in [1.82, 2.24) is 9.78 Å². The lowest BCUT2D eigenvalue weighted by atomic mass is 10.1. The minimum atomic E-state index is -1.34. The molecule has 0 saturated carbocycles. The zero-order valence-electron chi connectivity index (χ0n) is 8.59. The molecule has 0 aromatic carbocycles. The Bertz CT molecular complexity index is 422. The van der Waals surface area contributed by atoms with Crippen molar-refractivity contribution in [3.05, 3.63) is 21.5 Å². The van der Waals surface area contributed by atoms with E-state index in [1.807, 2.05) is 0 Å². The summed E-state index contributed by atoms with van der Waals surface area (Å²) in [6, 6.07) is 0. The summed E-state index contributed by atoms with van der Waals surface area (Å²) in [5.41, 5.74) is -0.608. The van der Waals surface area contributed by atoms with Gasteiger partial charge in [0.05, 0.1) is 4.92 Å². The van der Waals surface area contributed by atoms with Gasteiger partial charge in [0.2, 0.25) is 5.69 Å². The van der Waals surface area contributed by atoms with Crippen LogP contribution in [0.4, 0.5) is 5.69 Å². The van der Waals surface area contributed by atoms with E-state index in [-0.39, 0.29) is 17.3 Å². The largest absolute Gasteiger partial charge is 0.476 e. The maximum Gasteiger partial charge on any atom is 0.361 e. The summed E-state index contributed by atoms with van der Waals surface area (Å²) in [6.45, 7) is 3.45. The van der Waals surface area contributed by atoms with Crippen LogP contribution >= 0.6 is 0 Å². The van der Waals surface area contributed by atoms with Crippen molar-refractivity contribution >= 4 is 11.7 Å². The molecule has 0 aliphatic heterocycles. The number of carboxylic acids is 1. The van der Waals surface area contributed by atoms with Gasteiger partial charge in [0, 0.05) is 13.0 Å². The molecule has 0 amide bonds. The maximum absolute atomic E-state index is 10.8. The lowest BCUT2D eigenvalue weighted by Gasteiger charge is -1.97. The van der Waals surface area contributed by atoms with Gasteiger partial charge in [0.25, 0.3) is 0 Å². The molecule has 0 aliphatic rings. The second-order valence-electron chi connectivity index (χ2n) is 3.42. The molecule has 0 spiro atoms. The summed E-state index contributed by atoms with van der Waals surface area (Å²) in [5.74, 6) is -1.53. The molecular formula is C8H11N3O4. The molecule has 0 aliphatic carbocycles. The smallest absolute Gasteiger partial charge is 0.361 e. The van der Waals surface area contributed by atoms with Gasteiger partial charge in [-0.2, -0.15) is 5.10 Å². The molecule has 1 aromatic rings. The van der Waals surface area contributed by atoms with Gasteiger partial charge in [-0.15, -0.1) is 0 Å². The summed E-state index contributed by atoms with van der Waals surface area (Å²) >= 11 is 0. The number of carbonyl (C=O) groups is 1. The van der Waals surface area contributed by atoms with Gasteiger partial charge in [0.15, 0.2) is 0 Å². The summed E-state index contributed by atoms with van der Waals surface area (Å²) in [6.07, 6.45) is 0. The van der Waals surface area contributed by atoms with Crippen molar-refractivity contribution in [3.8, 4) is 0 Å². The predicted molar refractivity (Wildman–Crippen MR) is 50.9 cm³/mol. The third-order valence-electron chi connectivity index (χ3n) is 1.98. The first-order chi connectivity index (χ1) is 6.86. The first kappa shape index (κ1) is 11.2. The van der Waals surface area contributed by atoms with Gasteiger partial charge in [-0.1, -0.05) is 13.8 Å². The highest BCUT2D eigenvalue weighted by molar-refractivity contribution is 5.91. The monoisotopic (exact) mass is 213 g/mol. The molecule has 1 heterocycles. The summed E-state index contributed by atoms with van der Waals surface area (Å²) in [5, 5.41) is 23.4. The maximum atomic E-state index is 10.8. The molecule has 0 radical (unpaired) electrons. The number of nitro groups is 1. The van der Waals surface area contributed by atoms with Crippen LogP contribution in [-0.4, -0.2) is 25.8 Å². The Morgan fingerprint density at radius 1 is 1.60 bits per heavy atom. The Morgan fingerprint density at radius 3 is 2.47 bits per heavy atom. The molecular weight excluding hydrogens is 202 g/mol. The highest BCUT2D eigenvalue weighted by Crippen LogP contribution is 2.28. The lowest BCUT2D eigenvalue weighted by molar-refractivity contribution is -0.386. The number of aryl methyl sites for hydroxylation is 1. The summed E-state index contributed by atoms with van der Waals surface area (Å²) < 4.78 is 1.02. The Morgan fingerprint density at radius 2 is 2.13 bits per heavy atom. The van der Waals surface area contributed by atoms with Crippen LogP contribution in [0.1, 0.15) is 35.9 Å². The highest BCUT2D eigenvalue weighted by Gasteiger charge is 2.32. The molecule has 1 N–H and O–H groups in total. The van der Waals surface area contributed by atoms with E-state index in [1.165, 1.54) is 7.05 Å².